The van der Waals surface area contributed by atoms with Gasteiger partial charge in [-0.3, -0.25) is 4.79 Å². The second kappa shape index (κ2) is 4.45. The molecule has 1 aromatic heterocycles. The topological polar surface area (TPSA) is 66.5 Å². The number of rotatable bonds is 2. The lowest BCUT2D eigenvalue weighted by molar-refractivity contribution is -0.116. The van der Waals surface area contributed by atoms with Gasteiger partial charge >= 0.3 is 0 Å². The fourth-order valence-electron chi connectivity index (χ4n) is 1.52. The molecule has 1 aliphatic rings. The van der Waals surface area contributed by atoms with Gasteiger partial charge < -0.3 is 9.72 Å². The van der Waals surface area contributed by atoms with Gasteiger partial charge in [0.1, 0.15) is 5.57 Å². The van der Waals surface area contributed by atoms with Crippen LogP contribution in [0, 0.1) is 6.92 Å². The number of nitrogens with zero attached hydrogens (tertiary/aromatic N) is 1. The van der Waals surface area contributed by atoms with Crippen molar-refractivity contribution in [3.8, 4) is 0 Å². The van der Waals surface area contributed by atoms with Crippen LogP contribution in [0.4, 0.5) is 0 Å². The third-order valence-electron chi connectivity index (χ3n) is 2.37. The molecule has 0 unspecified atom stereocenters. The predicted octanol–water partition coefficient (Wildman–Crippen LogP) is 1.57. The van der Waals surface area contributed by atoms with E-state index in [2.05, 4.69) is 15.5 Å². The first-order chi connectivity index (χ1) is 8.08. The van der Waals surface area contributed by atoms with Crippen LogP contribution in [0.25, 0.3) is 6.08 Å². The molecule has 2 N–H and O–H groups in total. The molecule has 0 fully saturated rings. The number of hydrogen-bond donors (Lipinski definition) is 2. The molecule has 0 bridgehead atoms. The summed E-state index contributed by atoms with van der Waals surface area (Å²) in [6, 6.07) is 1.94. The van der Waals surface area contributed by atoms with Crippen molar-refractivity contribution in [3.05, 3.63) is 29.1 Å². The maximum absolute atomic E-state index is 11.6. The lowest BCUT2D eigenvalue weighted by atomic mass is 10.1. The third-order valence-corrected chi connectivity index (χ3v) is 2.37. The van der Waals surface area contributed by atoms with Crippen molar-refractivity contribution in [2.75, 3.05) is 0 Å². The molecule has 0 saturated carbocycles. The van der Waals surface area contributed by atoms with Gasteiger partial charge in [0.15, 0.2) is 0 Å². The minimum absolute atomic E-state index is 0.0189. The van der Waals surface area contributed by atoms with Gasteiger partial charge in [0.25, 0.3) is 5.91 Å². The molecule has 0 atom stereocenters. The summed E-state index contributed by atoms with van der Waals surface area (Å²) in [6.07, 6.45) is 3.56. The number of carbonyl (C=O) groups excluding carboxylic acids is 1. The molecule has 0 saturated heterocycles. The lowest BCUT2D eigenvalue weighted by Gasteiger charge is -2.08. The highest BCUT2D eigenvalue weighted by Gasteiger charge is 2.25. The Bertz CT molecular complexity index is 498. The van der Waals surface area contributed by atoms with E-state index in [-0.39, 0.29) is 12.0 Å². The van der Waals surface area contributed by atoms with E-state index >= 15 is 0 Å². The smallest absolute Gasteiger partial charge is 0.277 e. The molecule has 0 radical (unpaired) electrons. The molecule has 1 amide bonds. The summed E-state index contributed by atoms with van der Waals surface area (Å²) in [4.78, 5) is 14.7. The van der Waals surface area contributed by atoms with Crippen molar-refractivity contribution < 1.29 is 9.53 Å². The highest BCUT2D eigenvalue weighted by molar-refractivity contribution is 6.24. The summed E-state index contributed by atoms with van der Waals surface area (Å²) < 4.78 is 5.47. The molecule has 0 spiro atoms. The first-order valence-electron chi connectivity index (χ1n) is 5.48. The number of aryl methyl sites for hydroxylation is 1. The molecular weight excluding hydrogens is 218 g/mol. The first kappa shape index (κ1) is 11.4. The van der Waals surface area contributed by atoms with Gasteiger partial charge in [0.05, 0.1) is 6.10 Å². The maximum atomic E-state index is 11.6. The lowest BCUT2D eigenvalue weighted by Crippen LogP contribution is -2.16. The molecule has 17 heavy (non-hydrogen) atoms. The van der Waals surface area contributed by atoms with Crippen molar-refractivity contribution >= 4 is 17.9 Å². The molecule has 0 aromatic carbocycles. The summed E-state index contributed by atoms with van der Waals surface area (Å²) in [5, 5.41) is 3.86. The summed E-state index contributed by atoms with van der Waals surface area (Å²) in [6.45, 7) is 5.75. The number of amides is 1. The van der Waals surface area contributed by atoms with Gasteiger partial charge in [-0.05, 0) is 38.5 Å². The van der Waals surface area contributed by atoms with E-state index in [9.17, 15) is 4.79 Å². The number of hydrogen-bond acceptors (Lipinski definition) is 3. The number of H-pyrrole nitrogens is 1. The van der Waals surface area contributed by atoms with Crippen LogP contribution in [0.2, 0.25) is 0 Å². The van der Waals surface area contributed by atoms with E-state index in [1.807, 2.05) is 33.0 Å². The summed E-state index contributed by atoms with van der Waals surface area (Å²) >= 11 is 0. The molecule has 5 nitrogen and oxygen atoms in total. The van der Waals surface area contributed by atoms with Crippen molar-refractivity contribution in [2.45, 2.75) is 26.9 Å². The van der Waals surface area contributed by atoms with Crippen LogP contribution in [0.1, 0.15) is 25.1 Å². The molecule has 90 valence electrons. The molecule has 5 heteroatoms. The zero-order valence-electron chi connectivity index (χ0n) is 10.1. The van der Waals surface area contributed by atoms with E-state index in [4.69, 9.17) is 4.74 Å². The highest BCUT2D eigenvalue weighted by Crippen LogP contribution is 2.15. The Morgan fingerprint density at radius 2 is 2.24 bits per heavy atom. The van der Waals surface area contributed by atoms with Crippen LogP contribution in [0.3, 0.4) is 0 Å². The van der Waals surface area contributed by atoms with Gasteiger partial charge in [0, 0.05) is 11.9 Å². The minimum atomic E-state index is -0.241. The van der Waals surface area contributed by atoms with Crippen molar-refractivity contribution in [1.82, 2.24) is 10.4 Å². The van der Waals surface area contributed by atoms with Crippen LogP contribution in [-0.2, 0) is 9.53 Å². The predicted molar refractivity (Wildman–Crippen MR) is 65.3 cm³/mol. The quantitative estimate of drug-likeness (QED) is 0.761. The van der Waals surface area contributed by atoms with Gasteiger partial charge in [-0.15, -0.1) is 5.10 Å². The molecule has 2 heterocycles. The molecular formula is C12H15N3O2. The largest absolute Gasteiger partial charge is 0.473 e. The molecule has 0 aliphatic carbocycles. The summed E-state index contributed by atoms with van der Waals surface area (Å²) in [5.41, 5.74) is 4.80. The Morgan fingerprint density at radius 3 is 2.82 bits per heavy atom. The Hall–Kier alpha value is -2.04. The number of aromatic amines is 1. The highest BCUT2D eigenvalue weighted by atomic mass is 16.5. The maximum Gasteiger partial charge on any atom is 0.277 e. The van der Waals surface area contributed by atoms with Crippen LogP contribution < -0.4 is 5.43 Å². The average molecular weight is 233 g/mol. The van der Waals surface area contributed by atoms with Gasteiger partial charge in [-0.1, -0.05) is 0 Å². The SMILES string of the molecule is Cc1cc[nH]c1C=C1C(=O)NN=C1OC(C)C. The van der Waals surface area contributed by atoms with Gasteiger partial charge in [-0.2, -0.15) is 0 Å². The Kier molecular flexibility index (Phi) is 2.99. The van der Waals surface area contributed by atoms with E-state index < -0.39 is 0 Å². The normalized spacial score (nSPS) is 17.5. The second-order valence-corrected chi connectivity index (χ2v) is 4.16. The standard InChI is InChI=1S/C12H15N3O2/c1-7(2)17-12-9(11(16)14-15-12)6-10-8(3)4-5-13-10/h4-7,13H,1-3H3,(H,14,16). The number of hydrazone groups is 1. The fourth-order valence-corrected chi connectivity index (χ4v) is 1.52. The number of nitrogens with one attached hydrogen (secondary N) is 2. The third kappa shape index (κ3) is 2.38. The van der Waals surface area contributed by atoms with Crippen LogP contribution >= 0.6 is 0 Å². The summed E-state index contributed by atoms with van der Waals surface area (Å²) in [5.74, 6) is 0.105. The van der Waals surface area contributed by atoms with Crippen molar-refractivity contribution in [3.63, 3.8) is 0 Å². The average Bonchev–Trinajstić information content (AvgIpc) is 2.79. The number of carbonyl (C=O) groups is 1. The molecule has 1 aliphatic heterocycles. The zero-order chi connectivity index (χ0) is 12.4. The Labute approximate surface area is 99.6 Å². The van der Waals surface area contributed by atoms with Crippen LogP contribution in [-0.4, -0.2) is 22.9 Å². The second-order valence-electron chi connectivity index (χ2n) is 4.16. The van der Waals surface area contributed by atoms with Crippen molar-refractivity contribution in [2.24, 2.45) is 5.10 Å². The molecule has 1 aromatic rings. The molecule has 2 rings (SSSR count). The van der Waals surface area contributed by atoms with E-state index in [1.54, 1.807) is 6.08 Å². The zero-order valence-corrected chi connectivity index (χ0v) is 10.1. The first-order valence-corrected chi connectivity index (χ1v) is 5.48. The number of aromatic nitrogens is 1. The van der Waals surface area contributed by atoms with Crippen LogP contribution in [0.5, 0.6) is 0 Å². The summed E-state index contributed by atoms with van der Waals surface area (Å²) in [7, 11) is 0. The Morgan fingerprint density at radius 1 is 1.47 bits per heavy atom. The van der Waals surface area contributed by atoms with Crippen LogP contribution in [0.15, 0.2) is 22.9 Å². The van der Waals surface area contributed by atoms with Crippen molar-refractivity contribution in [1.29, 1.82) is 0 Å². The van der Waals surface area contributed by atoms with Gasteiger partial charge in [0.2, 0.25) is 5.90 Å². The van der Waals surface area contributed by atoms with E-state index in [0.717, 1.165) is 11.3 Å². The van der Waals surface area contributed by atoms with E-state index in [0.29, 0.717) is 11.5 Å². The monoisotopic (exact) mass is 233 g/mol. The fraction of sp³-hybridized carbons (Fsp3) is 0.333. The Balaban J connectivity index is 2.29. The van der Waals surface area contributed by atoms with E-state index in [1.165, 1.54) is 0 Å². The van der Waals surface area contributed by atoms with Gasteiger partial charge in [-0.25, -0.2) is 5.43 Å². The minimum Gasteiger partial charge on any atom is -0.473 e. The number of ether oxygens (including phenoxy) is 1.